The molecule has 100 valence electrons. The number of aromatic nitrogens is 2. The monoisotopic (exact) mass is 252 g/mol. The number of aliphatic hydroxyl groups is 1. The van der Waals surface area contributed by atoms with Crippen LogP contribution in [0.5, 0.6) is 0 Å². The lowest BCUT2D eigenvalue weighted by atomic mass is 10.2. The van der Waals surface area contributed by atoms with Gasteiger partial charge in [0.25, 0.3) is 0 Å². The predicted molar refractivity (Wildman–Crippen MR) is 66.7 cm³/mol. The normalized spacial score (nSPS) is 16.6. The van der Waals surface area contributed by atoms with Crippen molar-refractivity contribution in [2.75, 3.05) is 13.2 Å². The van der Waals surface area contributed by atoms with Crippen LogP contribution in [-0.2, 0) is 24.4 Å². The molecule has 1 aromatic heterocycles. The van der Waals surface area contributed by atoms with Crippen molar-refractivity contribution >= 4 is 5.91 Å². The topological polar surface area (TPSA) is 70.4 Å². The largest absolute Gasteiger partial charge is 0.394 e. The standard InChI is InChI=1S/C12H20N4O2/c1-3-13-12(18)9(2)15-7-10-6-14-16(4-5-17)11(10)8-15/h6,9,17H,3-5,7-8H2,1-2H3,(H,13,18). The lowest BCUT2D eigenvalue weighted by Gasteiger charge is -2.22. The van der Waals surface area contributed by atoms with Crippen molar-refractivity contribution < 1.29 is 9.90 Å². The molecule has 2 heterocycles. The van der Waals surface area contributed by atoms with Crippen LogP contribution in [0.25, 0.3) is 0 Å². The van der Waals surface area contributed by atoms with Crippen LogP contribution in [0.1, 0.15) is 25.1 Å². The molecule has 0 spiro atoms. The van der Waals surface area contributed by atoms with Gasteiger partial charge in [-0.1, -0.05) is 0 Å². The van der Waals surface area contributed by atoms with E-state index in [1.807, 2.05) is 24.7 Å². The van der Waals surface area contributed by atoms with Crippen molar-refractivity contribution in [3.63, 3.8) is 0 Å². The third-order valence-electron chi connectivity index (χ3n) is 3.35. The molecule has 0 aliphatic carbocycles. The average molecular weight is 252 g/mol. The van der Waals surface area contributed by atoms with Crippen molar-refractivity contribution in [1.82, 2.24) is 20.0 Å². The molecule has 0 bridgehead atoms. The predicted octanol–water partition coefficient (Wildman–Crippen LogP) is -0.284. The van der Waals surface area contributed by atoms with Crippen LogP contribution >= 0.6 is 0 Å². The minimum atomic E-state index is -0.139. The van der Waals surface area contributed by atoms with Crippen molar-refractivity contribution in [2.45, 2.75) is 39.5 Å². The molecule has 0 saturated heterocycles. The maximum atomic E-state index is 11.8. The second kappa shape index (κ2) is 5.49. The Bertz CT molecular complexity index is 430. The Morgan fingerprint density at radius 2 is 2.39 bits per heavy atom. The van der Waals surface area contributed by atoms with E-state index in [1.165, 1.54) is 0 Å². The van der Waals surface area contributed by atoms with Gasteiger partial charge in [-0.3, -0.25) is 14.4 Å². The lowest BCUT2D eigenvalue weighted by molar-refractivity contribution is -0.126. The molecule has 1 aliphatic heterocycles. The number of amides is 1. The third-order valence-corrected chi connectivity index (χ3v) is 3.35. The molecule has 1 aromatic rings. The fourth-order valence-electron chi connectivity index (χ4n) is 2.28. The lowest BCUT2D eigenvalue weighted by Crippen LogP contribution is -2.42. The number of carbonyl (C=O) groups excluding carboxylic acids is 1. The molecule has 0 saturated carbocycles. The Morgan fingerprint density at radius 3 is 3.06 bits per heavy atom. The Balaban J connectivity index is 2.03. The second-order valence-corrected chi connectivity index (χ2v) is 4.54. The van der Waals surface area contributed by atoms with Crippen LogP contribution in [0.3, 0.4) is 0 Å². The number of aliphatic hydroxyl groups excluding tert-OH is 1. The van der Waals surface area contributed by atoms with E-state index >= 15 is 0 Å². The molecule has 1 unspecified atom stereocenters. The van der Waals surface area contributed by atoms with Crippen LogP contribution in [-0.4, -0.2) is 44.9 Å². The number of hydrogen-bond acceptors (Lipinski definition) is 4. The van der Waals surface area contributed by atoms with Gasteiger partial charge in [0.15, 0.2) is 0 Å². The third kappa shape index (κ3) is 2.39. The molecule has 6 heteroatoms. The summed E-state index contributed by atoms with van der Waals surface area (Å²) in [4.78, 5) is 13.9. The van der Waals surface area contributed by atoms with Gasteiger partial charge in [-0.15, -0.1) is 0 Å². The summed E-state index contributed by atoms with van der Waals surface area (Å²) in [7, 11) is 0. The summed E-state index contributed by atoms with van der Waals surface area (Å²) in [5.41, 5.74) is 2.26. The highest BCUT2D eigenvalue weighted by molar-refractivity contribution is 5.81. The summed E-state index contributed by atoms with van der Waals surface area (Å²) in [6, 6.07) is -0.139. The molecule has 2 N–H and O–H groups in total. The van der Waals surface area contributed by atoms with E-state index in [0.717, 1.165) is 17.8 Å². The molecule has 1 amide bonds. The van der Waals surface area contributed by atoms with Crippen LogP contribution < -0.4 is 5.32 Å². The van der Waals surface area contributed by atoms with Gasteiger partial charge in [-0.25, -0.2) is 0 Å². The van der Waals surface area contributed by atoms with Gasteiger partial charge in [0.05, 0.1) is 31.1 Å². The van der Waals surface area contributed by atoms with Gasteiger partial charge in [0, 0.05) is 25.2 Å². The SMILES string of the molecule is CCNC(=O)C(C)N1Cc2cnn(CCO)c2C1. The Morgan fingerprint density at radius 1 is 1.61 bits per heavy atom. The van der Waals surface area contributed by atoms with Gasteiger partial charge < -0.3 is 10.4 Å². The number of fused-ring (bicyclic) bond motifs is 1. The zero-order valence-electron chi connectivity index (χ0n) is 10.9. The summed E-state index contributed by atoms with van der Waals surface area (Å²) >= 11 is 0. The number of carbonyl (C=O) groups is 1. The first-order valence-electron chi connectivity index (χ1n) is 6.33. The quantitative estimate of drug-likeness (QED) is 0.756. The molecule has 2 rings (SSSR count). The molecule has 6 nitrogen and oxygen atoms in total. The molecular weight excluding hydrogens is 232 g/mol. The highest BCUT2D eigenvalue weighted by Crippen LogP contribution is 2.24. The maximum absolute atomic E-state index is 11.8. The first kappa shape index (κ1) is 13.0. The smallest absolute Gasteiger partial charge is 0.237 e. The van der Waals surface area contributed by atoms with Crippen LogP contribution in [0.4, 0.5) is 0 Å². The summed E-state index contributed by atoms with van der Waals surface area (Å²) in [5, 5.41) is 16.0. The van der Waals surface area contributed by atoms with Crippen molar-refractivity contribution in [2.24, 2.45) is 0 Å². The fraction of sp³-hybridized carbons (Fsp3) is 0.667. The zero-order chi connectivity index (χ0) is 13.1. The Hall–Kier alpha value is -1.40. The van der Waals surface area contributed by atoms with E-state index in [0.29, 0.717) is 19.6 Å². The molecule has 0 radical (unpaired) electrons. The number of nitrogens with one attached hydrogen (secondary N) is 1. The Labute approximate surface area is 107 Å². The fourth-order valence-corrected chi connectivity index (χ4v) is 2.28. The summed E-state index contributed by atoms with van der Waals surface area (Å²) in [6.07, 6.45) is 1.83. The summed E-state index contributed by atoms with van der Waals surface area (Å²) < 4.78 is 1.82. The van der Waals surface area contributed by atoms with Gasteiger partial charge >= 0.3 is 0 Å². The van der Waals surface area contributed by atoms with Crippen LogP contribution in [0.2, 0.25) is 0 Å². The van der Waals surface area contributed by atoms with Crippen molar-refractivity contribution in [1.29, 1.82) is 0 Å². The molecule has 1 atom stereocenters. The molecule has 0 aromatic carbocycles. The van der Waals surface area contributed by atoms with E-state index in [1.54, 1.807) is 0 Å². The molecule has 1 aliphatic rings. The van der Waals surface area contributed by atoms with Crippen LogP contribution in [0.15, 0.2) is 6.20 Å². The molecule has 0 fully saturated rings. The number of hydrogen-bond donors (Lipinski definition) is 2. The van der Waals surface area contributed by atoms with E-state index < -0.39 is 0 Å². The minimum absolute atomic E-state index is 0.0596. The van der Waals surface area contributed by atoms with Gasteiger partial charge in [-0.05, 0) is 13.8 Å². The number of nitrogens with zero attached hydrogens (tertiary/aromatic N) is 3. The maximum Gasteiger partial charge on any atom is 0.237 e. The average Bonchev–Trinajstić information content (AvgIpc) is 2.91. The van der Waals surface area contributed by atoms with E-state index in [2.05, 4.69) is 15.3 Å². The van der Waals surface area contributed by atoms with Crippen molar-refractivity contribution in [3.05, 3.63) is 17.5 Å². The highest BCUT2D eigenvalue weighted by atomic mass is 16.3. The first-order chi connectivity index (χ1) is 8.67. The van der Waals surface area contributed by atoms with Gasteiger partial charge in [-0.2, -0.15) is 5.10 Å². The second-order valence-electron chi connectivity index (χ2n) is 4.54. The Kier molecular flexibility index (Phi) is 3.98. The first-order valence-corrected chi connectivity index (χ1v) is 6.33. The number of rotatable bonds is 5. The van der Waals surface area contributed by atoms with Crippen molar-refractivity contribution in [3.8, 4) is 0 Å². The van der Waals surface area contributed by atoms with E-state index in [9.17, 15) is 4.79 Å². The minimum Gasteiger partial charge on any atom is -0.394 e. The van der Waals surface area contributed by atoms with E-state index in [4.69, 9.17) is 5.11 Å². The summed E-state index contributed by atoms with van der Waals surface area (Å²) in [5.74, 6) is 0.0596. The highest BCUT2D eigenvalue weighted by Gasteiger charge is 2.29. The molecule has 18 heavy (non-hydrogen) atoms. The van der Waals surface area contributed by atoms with Gasteiger partial charge in [0.1, 0.15) is 0 Å². The number of likely N-dealkylation sites (N-methyl/N-ethyl adjacent to an activating group) is 1. The van der Waals surface area contributed by atoms with Gasteiger partial charge in [0.2, 0.25) is 5.91 Å². The van der Waals surface area contributed by atoms with E-state index in [-0.39, 0.29) is 18.6 Å². The molecular formula is C12H20N4O2. The summed E-state index contributed by atoms with van der Waals surface area (Å²) in [6.45, 7) is 6.55. The van der Waals surface area contributed by atoms with Crippen LogP contribution in [0, 0.1) is 0 Å². The zero-order valence-corrected chi connectivity index (χ0v) is 10.9.